The number of nitrogens with zero attached hydrogens (tertiary/aromatic N) is 2. The summed E-state index contributed by atoms with van der Waals surface area (Å²) in [7, 11) is 6.42. The molecular weight excluding hydrogens is 234 g/mol. The number of hydrogen-bond acceptors (Lipinski definition) is 2. The molecule has 0 radical (unpaired) electrons. The van der Waals surface area contributed by atoms with Gasteiger partial charge in [0, 0.05) is 30.2 Å². The fourth-order valence-corrected chi connectivity index (χ4v) is 3.12. The number of nitrogens with two attached hydrogens (primary N) is 1. The SMILES string of the molecule is CC(CCN)C(c1cn(C)c2ccccc12)N(C)C. The van der Waals surface area contributed by atoms with E-state index in [9.17, 15) is 0 Å². The molecule has 2 atom stereocenters. The minimum atomic E-state index is 0.412. The zero-order chi connectivity index (χ0) is 14.0. The largest absolute Gasteiger partial charge is 0.350 e. The van der Waals surface area contributed by atoms with E-state index in [-0.39, 0.29) is 0 Å². The van der Waals surface area contributed by atoms with Gasteiger partial charge < -0.3 is 15.2 Å². The molecule has 2 rings (SSSR count). The standard InChI is InChI=1S/C16H25N3/c1-12(9-10-17)16(18(2)3)14-11-19(4)15-8-6-5-7-13(14)15/h5-8,11-12,16H,9-10,17H2,1-4H3. The van der Waals surface area contributed by atoms with Gasteiger partial charge in [-0.2, -0.15) is 0 Å². The van der Waals surface area contributed by atoms with Crippen LogP contribution in [0.15, 0.2) is 30.5 Å². The van der Waals surface area contributed by atoms with Gasteiger partial charge in [0.05, 0.1) is 0 Å². The first-order chi connectivity index (χ1) is 9.06. The van der Waals surface area contributed by atoms with Gasteiger partial charge in [-0.25, -0.2) is 0 Å². The molecule has 0 aliphatic rings. The van der Waals surface area contributed by atoms with Crippen LogP contribution < -0.4 is 5.73 Å². The summed E-state index contributed by atoms with van der Waals surface area (Å²) in [6.45, 7) is 3.04. The zero-order valence-electron chi connectivity index (χ0n) is 12.4. The van der Waals surface area contributed by atoms with Crippen LogP contribution in [0.4, 0.5) is 0 Å². The van der Waals surface area contributed by atoms with Gasteiger partial charge in [0.1, 0.15) is 0 Å². The minimum Gasteiger partial charge on any atom is -0.350 e. The fourth-order valence-electron chi connectivity index (χ4n) is 3.12. The van der Waals surface area contributed by atoms with Crippen molar-refractivity contribution in [2.24, 2.45) is 18.7 Å². The Hall–Kier alpha value is -1.32. The van der Waals surface area contributed by atoms with E-state index in [4.69, 9.17) is 5.73 Å². The quantitative estimate of drug-likeness (QED) is 0.896. The Kier molecular flexibility index (Phi) is 4.27. The van der Waals surface area contributed by atoms with Crippen LogP contribution in [0.1, 0.15) is 24.9 Å². The number of aryl methyl sites for hydroxylation is 1. The maximum Gasteiger partial charge on any atom is 0.0481 e. The molecule has 0 amide bonds. The normalized spacial score (nSPS) is 15.1. The van der Waals surface area contributed by atoms with E-state index in [1.54, 1.807) is 0 Å². The molecule has 0 spiro atoms. The van der Waals surface area contributed by atoms with Gasteiger partial charge in [-0.1, -0.05) is 25.1 Å². The van der Waals surface area contributed by atoms with Crippen LogP contribution in [0.25, 0.3) is 10.9 Å². The van der Waals surface area contributed by atoms with E-state index in [0.717, 1.165) is 13.0 Å². The molecule has 3 heteroatoms. The molecule has 1 heterocycles. The third kappa shape index (κ3) is 2.67. The molecule has 2 aromatic rings. The van der Waals surface area contributed by atoms with Gasteiger partial charge in [0.25, 0.3) is 0 Å². The van der Waals surface area contributed by atoms with E-state index < -0.39 is 0 Å². The van der Waals surface area contributed by atoms with E-state index in [1.165, 1.54) is 16.5 Å². The van der Waals surface area contributed by atoms with E-state index >= 15 is 0 Å². The minimum absolute atomic E-state index is 0.412. The molecule has 0 saturated carbocycles. The van der Waals surface area contributed by atoms with Crippen LogP contribution in [0.3, 0.4) is 0 Å². The number of fused-ring (bicyclic) bond motifs is 1. The van der Waals surface area contributed by atoms with Crippen molar-refractivity contribution in [3.63, 3.8) is 0 Å². The van der Waals surface area contributed by atoms with Gasteiger partial charge in [-0.15, -0.1) is 0 Å². The second-order valence-corrected chi connectivity index (χ2v) is 5.68. The van der Waals surface area contributed by atoms with Crippen molar-refractivity contribution in [1.82, 2.24) is 9.47 Å². The molecule has 0 fully saturated rings. The molecule has 104 valence electrons. The summed E-state index contributed by atoms with van der Waals surface area (Å²) in [5.74, 6) is 0.547. The highest BCUT2D eigenvalue weighted by atomic mass is 15.1. The van der Waals surface area contributed by atoms with Gasteiger partial charge >= 0.3 is 0 Å². The molecular formula is C16H25N3. The molecule has 0 aliphatic heterocycles. The highest BCUT2D eigenvalue weighted by Gasteiger charge is 2.24. The summed E-state index contributed by atoms with van der Waals surface area (Å²) in [4.78, 5) is 2.31. The Bertz CT molecular complexity index is 542. The first-order valence-corrected chi connectivity index (χ1v) is 6.96. The van der Waals surface area contributed by atoms with Crippen LogP contribution in [0.5, 0.6) is 0 Å². The Balaban J connectivity index is 2.50. The van der Waals surface area contributed by atoms with Gasteiger partial charge in [0.2, 0.25) is 0 Å². The second-order valence-electron chi connectivity index (χ2n) is 5.68. The molecule has 1 aromatic carbocycles. The summed E-state index contributed by atoms with van der Waals surface area (Å²) < 4.78 is 2.22. The van der Waals surface area contributed by atoms with Crippen molar-refractivity contribution in [2.45, 2.75) is 19.4 Å². The van der Waals surface area contributed by atoms with Gasteiger partial charge in [-0.3, -0.25) is 0 Å². The molecule has 19 heavy (non-hydrogen) atoms. The first-order valence-electron chi connectivity index (χ1n) is 6.96. The Morgan fingerprint density at radius 2 is 1.95 bits per heavy atom. The number of hydrogen-bond donors (Lipinski definition) is 1. The molecule has 3 nitrogen and oxygen atoms in total. The first kappa shape index (κ1) is 14.1. The lowest BCUT2D eigenvalue weighted by Crippen LogP contribution is -2.27. The Morgan fingerprint density at radius 1 is 1.26 bits per heavy atom. The number of benzene rings is 1. The average Bonchev–Trinajstić information content (AvgIpc) is 2.68. The molecule has 0 aliphatic carbocycles. The van der Waals surface area contributed by atoms with E-state index in [2.05, 4.69) is 68.0 Å². The molecule has 2 unspecified atom stereocenters. The highest BCUT2D eigenvalue weighted by Crippen LogP contribution is 2.34. The molecule has 0 bridgehead atoms. The summed E-state index contributed by atoms with van der Waals surface area (Å²) in [6, 6.07) is 9.02. The maximum atomic E-state index is 5.74. The predicted molar refractivity (Wildman–Crippen MR) is 82.2 cm³/mol. The monoisotopic (exact) mass is 259 g/mol. The second kappa shape index (κ2) is 5.76. The van der Waals surface area contributed by atoms with E-state index in [0.29, 0.717) is 12.0 Å². The van der Waals surface area contributed by atoms with Crippen molar-refractivity contribution in [1.29, 1.82) is 0 Å². The Morgan fingerprint density at radius 3 is 2.58 bits per heavy atom. The smallest absolute Gasteiger partial charge is 0.0481 e. The maximum absolute atomic E-state index is 5.74. The van der Waals surface area contributed by atoms with Crippen LogP contribution in [-0.4, -0.2) is 30.1 Å². The molecule has 2 N–H and O–H groups in total. The van der Waals surface area contributed by atoms with Crippen LogP contribution >= 0.6 is 0 Å². The van der Waals surface area contributed by atoms with Crippen molar-refractivity contribution < 1.29 is 0 Å². The van der Waals surface area contributed by atoms with Crippen LogP contribution in [0, 0.1) is 5.92 Å². The summed E-state index contributed by atoms with van der Waals surface area (Å²) in [6.07, 6.45) is 3.31. The topological polar surface area (TPSA) is 34.2 Å². The summed E-state index contributed by atoms with van der Waals surface area (Å²) in [5.41, 5.74) is 8.44. The summed E-state index contributed by atoms with van der Waals surface area (Å²) in [5, 5.41) is 1.35. The number of rotatable bonds is 5. The molecule has 1 aromatic heterocycles. The fraction of sp³-hybridized carbons (Fsp3) is 0.500. The van der Waals surface area contributed by atoms with Crippen molar-refractivity contribution in [2.75, 3.05) is 20.6 Å². The lowest BCUT2D eigenvalue weighted by Gasteiger charge is -2.30. The summed E-state index contributed by atoms with van der Waals surface area (Å²) >= 11 is 0. The van der Waals surface area contributed by atoms with Crippen molar-refractivity contribution in [3.05, 3.63) is 36.0 Å². The third-order valence-corrected chi connectivity index (χ3v) is 3.96. The van der Waals surface area contributed by atoms with Crippen molar-refractivity contribution >= 4 is 10.9 Å². The zero-order valence-corrected chi connectivity index (χ0v) is 12.4. The third-order valence-electron chi connectivity index (χ3n) is 3.96. The predicted octanol–water partition coefficient (Wildman–Crippen LogP) is 2.77. The van der Waals surface area contributed by atoms with Crippen molar-refractivity contribution in [3.8, 4) is 0 Å². The highest BCUT2D eigenvalue weighted by molar-refractivity contribution is 5.84. The van der Waals surface area contributed by atoms with E-state index in [1.807, 2.05) is 0 Å². The van der Waals surface area contributed by atoms with Gasteiger partial charge in [-0.05, 0) is 44.6 Å². The average molecular weight is 259 g/mol. The number of aromatic nitrogens is 1. The van der Waals surface area contributed by atoms with Crippen LogP contribution in [0.2, 0.25) is 0 Å². The number of para-hydroxylation sites is 1. The molecule has 0 saturated heterocycles. The van der Waals surface area contributed by atoms with Gasteiger partial charge in [0.15, 0.2) is 0 Å². The lowest BCUT2D eigenvalue weighted by molar-refractivity contribution is 0.218. The Labute approximate surface area is 116 Å². The van der Waals surface area contributed by atoms with Crippen LogP contribution in [-0.2, 0) is 7.05 Å². The lowest BCUT2D eigenvalue weighted by atomic mass is 9.91.